The van der Waals surface area contributed by atoms with Crippen LogP contribution in [0.5, 0.6) is 0 Å². The standard InChI is InChI=1S/C21H29N5O8S/c1-12(28)33-10-13-11-35-18-15(22-20(31)34-21(2,3)4)17(29)26(18)16(13)19(30)32-7-5-6-25-8-14(9-27)23-24-25/h8,11,15-16,18,27H,5-7,9-10H2,1-4H3,(H,22,31)/t15-,16-,18-/m1/s1. The van der Waals surface area contributed by atoms with Gasteiger partial charge in [0.25, 0.3) is 0 Å². The molecule has 0 spiro atoms. The van der Waals surface area contributed by atoms with Gasteiger partial charge in [-0.25, -0.2) is 9.59 Å². The summed E-state index contributed by atoms with van der Waals surface area (Å²) in [6.45, 7) is 6.43. The van der Waals surface area contributed by atoms with Gasteiger partial charge in [-0.05, 0) is 26.2 Å². The summed E-state index contributed by atoms with van der Waals surface area (Å²) in [4.78, 5) is 50.6. The molecule has 2 aliphatic heterocycles. The Hall–Kier alpha value is -3.13. The predicted molar refractivity (Wildman–Crippen MR) is 121 cm³/mol. The number of amides is 2. The molecule has 3 heterocycles. The van der Waals surface area contributed by atoms with Crippen LogP contribution in [0.15, 0.2) is 17.2 Å². The Kier molecular flexibility index (Phi) is 8.38. The number of rotatable bonds is 9. The number of hydrogen-bond donors (Lipinski definition) is 2. The SMILES string of the molecule is CC(=O)OCC1=CS[C@@H]2[C@H](NC(=O)OC(C)(C)C)C(=O)N2[C@H]1C(=O)OCCCn1cc(CO)nn1. The van der Waals surface area contributed by atoms with Gasteiger partial charge in [-0.2, -0.15) is 0 Å². The number of aliphatic hydroxyl groups excluding tert-OH is 1. The number of carbonyl (C=O) groups excluding carboxylic acids is 4. The van der Waals surface area contributed by atoms with Crippen molar-refractivity contribution < 1.29 is 38.5 Å². The molecule has 1 fully saturated rings. The minimum absolute atomic E-state index is 0.0456. The fraction of sp³-hybridized carbons (Fsp3) is 0.619. The van der Waals surface area contributed by atoms with E-state index in [0.717, 1.165) is 0 Å². The normalized spacial score (nSPS) is 21.4. The molecule has 3 rings (SSSR count). The van der Waals surface area contributed by atoms with Gasteiger partial charge in [0.1, 0.15) is 29.3 Å². The maximum Gasteiger partial charge on any atom is 0.408 e. The zero-order chi connectivity index (χ0) is 25.8. The van der Waals surface area contributed by atoms with Crippen LogP contribution in [0.2, 0.25) is 0 Å². The lowest BCUT2D eigenvalue weighted by Gasteiger charge is -2.51. The van der Waals surface area contributed by atoms with E-state index in [2.05, 4.69) is 15.6 Å². The van der Waals surface area contributed by atoms with Gasteiger partial charge < -0.3 is 29.5 Å². The largest absolute Gasteiger partial charge is 0.464 e. The maximum absolute atomic E-state index is 13.0. The summed E-state index contributed by atoms with van der Waals surface area (Å²) in [5.74, 6) is -1.67. The average Bonchev–Trinajstić information content (AvgIpc) is 3.24. The first-order chi connectivity index (χ1) is 16.5. The molecular formula is C21H29N5O8S. The van der Waals surface area contributed by atoms with Gasteiger partial charge >= 0.3 is 18.0 Å². The van der Waals surface area contributed by atoms with Gasteiger partial charge in [-0.1, -0.05) is 5.21 Å². The van der Waals surface area contributed by atoms with E-state index in [4.69, 9.17) is 19.3 Å². The van der Waals surface area contributed by atoms with Gasteiger partial charge in [0.2, 0.25) is 5.91 Å². The molecule has 0 radical (unpaired) electrons. The van der Waals surface area contributed by atoms with Crippen molar-refractivity contribution in [2.24, 2.45) is 0 Å². The number of aliphatic hydroxyl groups is 1. The highest BCUT2D eigenvalue weighted by Crippen LogP contribution is 2.40. The average molecular weight is 512 g/mol. The molecule has 14 heteroatoms. The molecule has 0 unspecified atom stereocenters. The molecular weight excluding hydrogens is 482 g/mol. The number of alkyl carbamates (subject to hydrolysis) is 1. The lowest BCUT2D eigenvalue weighted by atomic mass is 9.98. The number of nitrogens with zero attached hydrogens (tertiary/aromatic N) is 4. The van der Waals surface area contributed by atoms with Crippen molar-refractivity contribution in [2.45, 2.75) is 70.3 Å². The van der Waals surface area contributed by atoms with Gasteiger partial charge in [0.05, 0.1) is 19.4 Å². The molecule has 35 heavy (non-hydrogen) atoms. The predicted octanol–water partition coefficient (Wildman–Crippen LogP) is 0.328. The molecule has 2 aliphatic rings. The number of β-lactam (4-membered cyclic amide) rings is 1. The molecule has 1 saturated heterocycles. The summed E-state index contributed by atoms with van der Waals surface area (Å²) >= 11 is 1.23. The van der Waals surface area contributed by atoms with Gasteiger partial charge in [0, 0.05) is 25.5 Å². The fourth-order valence-electron chi connectivity index (χ4n) is 3.43. The minimum atomic E-state index is -1.09. The molecule has 2 N–H and O–H groups in total. The number of aromatic nitrogens is 3. The highest BCUT2D eigenvalue weighted by molar-refractivity contribution is 8.02. The molecule has 13 nitrogen and oxygen atoms in total. The van der Waals surface area contributed by atoms with E-state index in [1.165, 1.54) is 28.3 Å². The summed E-state index contributed by atoms with van der Waals surface area (Å²) in [6, 6.07) is -1.96. The van der Waals surface area contributed by atoms with Crippen molar-refractivity contribution in [3.8, 4) is 0 Å². The fourth-order valence-corrected chi connectivity index (χ4v) is 4.64. The molecule has 1 aromatic rings. The van der Waals surface area contributed by atoms with Crippen LogP contribution < -0.4 is 5.32 Å². The number of fused-ring (bicyclic) bond motifs is 1. The van der Waals surface area contributed by atoms with E-state index in [1.54, 1.807) is 32.4 Å². The van der Waals surface area contributed by atoms with Crippen LogP contribution in [0, 0.1) is 0 Å². The van der Waals surface area contributed by atoms with E-state index in [-0.39, 0.29) is 19.8 Å². The third-order valence-corrected chi connectivity index (χ3v) is 6.15. The third-order valence-electron chi connectivity index (χ3n) is 4.93. The van der Waals surface area contributed by atoms with Crippen LogP contribution >= 0.6 is 11.8 Å². The molecule has 192 valence electrons. The first-order valence-electron chi connectivity index (χ1n) is 11.0. The first-order valence-corrected chi connectivity index (χ1v) is 11.9. The lowest BCUT2D eigenvalue weighted by Crippen LogP contribution is -2.74. The molecule has 0 saturated carbocycles. The minimum Gasteiger partial charge on any atom is -0.464 e. The first kappa shape index (κ1) is 26.5. The van der Waals surface area contributed by atoms with Crippen molar-refractivity contribution in [2.75, 3.05) is 13.2 Å². The third kappa shape index (κ3) is 6.72. The van der Waals surface area contributed by atoms with Crippen molar-refractivity contribution in [3.05, 3.63) is 22.9 Å². The maximum atomic E-state index is 13.0. The molecule has 1 aromatic heterocycles. The smallest absolute Gasteiger partial charge is 0.408 e. The number of hydrogen-bond acceptors (Lipinski definition) is 11. The second kappa shape index (κ2) is 11.1. The number of nitrogens with one attached hydrogen (secondary N) is 1. The van der Waals surface area contributed by atoms with Gasteiger partial charge in [0.15, 0.2) is 6.04 Å². The highest BCUT2D eigenvalue weighted by atomic mass is 32.2. The van der Waals surface area contributed by atoms with Crippen molar-refractivity contribution in [1.29, 1.82) is 0 Å². The second-order valence-electron chi connectivity index (χ2n) is 8.92. The summed E-state index contributed by atoms with van der Waals surface area (Å²) in [5, 5.41) is 20.3. The van der Waals surface area contributed by atoms with Gasteiger partial charge in [-0.15, -0.1) is 16.9 Å². The molecule has 0 aliphatic carbocycles. The van der Waals surface area contributed by atoms with E-state index in [9.17, 15) is 19.2 Å². The van der Waals surface area contributed by atoms with E-state index in [0.29, 0.717) is 24.2 Å². The second-order valence-corrected chi connectivity index (χ2v) is 9.91. The van der Waals surface area contributed by atoms with Crippen molar-refractivity contribution in [1.82, 2.24) is 25.2 Å². The molecule has 3 atom stereocenters. The molecule has 0 aromatic carbocycles. The Bertz CT molecular complexity index is 1000. The summed E-state index contributed by atoms with van der Waals surface area (Å²) < 4.78 is 17.2. The number of thioether (sulfide) groups is 1. The Morgan fingerprint density at radius 1 is 1.26 bits per heavy atom. The summed E-state index contributed by atoms with van der Waals surface area (Å²) in [6.07, 6.45) is 1.27. The Labute approximate surface area is 206 Å². The zero-order valence-electron chi connectivity index (χ0n) is 19.9. The number of ether oxygens (including phenoxy) is 3. The van der Waals surface area contributed by atoms with Crippen LogP contribution in [-0.2, 0) is 41.7 Å². The van der Waals surface area contributed by atoms with Crippen LogP contribution in [0.25, 0.3) is 0 Å². The zero-order valence-corrected chi connectivity index (χ0v) is 20.7. The van der Waals surface area contributed by atoms with Crippen molar-refractivity contribution in [3.63, 3.8) is 0 Å². The van der Waals surface area contributed by atoms with Gasteiger partial charge in [-0.3, -0.25) is 14.3 Å². The van der Waals surface area contributed by atoms with E-state index in [1.807, 2.05) is 0 Å². The van der Waals surface area contributed by atoms with E-state index < -0.39 is 47.0 Å². The van der Waals surface area contributed by atoms with Crippen LogP contribution in [0.3, 0.4) is 0 Å². The molecule has 2 amide bonds. The summed E-state index contributed by atoms with van der Waals surface area (Å²) in [7, 11) is 0. The van der Waals surface area contributed by atoms with E-state index >= 15 is 0 Å². The topological polar surface area (TPSA) is 162 Å². The number of carbonyl (C=O) groups is 4. The Morgan fingerprint density at radius 3 is 2.63 bits per heavy atom. The van der Waals surface area contributed by atoms with Crippen LogP contribution in [-0.4, -0.2) is 85.2 Å². The number of esters is 2. The Balaban J connectivity index is 1.63. The highest BCUT2D eigenvalue weighted by Gasteiger charge is 2.56. The number of aryl methyl sites for hydroxylation is 1. The van der Waals surface area contributed by atoms with Crippen molar-refractivity contribution >= 4 is 35.7 Å². The summed E-state index contributed by atoms with van der Waals surface area (Å²) in [5.41, 5.74) is 0.101. The monoisotopic (exact) mass is 511 g/mol. The quantitative estimate of drug-likeness (QED) is 0.203. The van der Waals surface area contributed by atoms with Crippen LogP contribution in [0.1, 0.15) is 39.8 Å². The Morgan fingerprint density at radius 2 is 2.00 bits per heavy atom. The van der Waals surface area contributed by atoms with Crippen LogP contribution in [0.4, 0.5) is 4.79 Å². The molecule has 0 bridgehead atoms. The lowest BCUT2D eigenvalue weighted by molar-refractivity contribution is -0.163.